The molecule has 3 rings (SSSR count). The molecule has 3 aromatic rings. The Bertz CT molecular complexity index is 748. The number of halogens is 1. The Morgan fingerprint density at radius 3 is 2.81 bits per heavy atom. The summed E-state index contributed by atoms with van der Waals surface area (Å²) in [6, 6.07) is 11.7. The van der Waals surface area contributed by atoms with Crippen molar-refractivity contribution in [3.05, 3.63) is 58.3 Å². The number of hydrogen-bond donors (Lipinski definition) is 1. The van der Waals surface area contributed by atoms with Crippen molar-refractivity contribution >= 4 is 34.3 Å². The quantitative estimate of drug-likeness (QED) is 0.555. The Labute approximate surface area is 131 Å². The fraction of sp³-hybridized carbons (Fsp3) is 0.0667. The Kier molecular flexibility index (Phi) is 4.03. The van der Waals surface area contributed by atoms with E-state index in [0.717, 1.165) is 11.3 Å². The van der Waals surface area contributed by atoms with Crippen LogP contribution in [0.2, 0.25) is 4.34 Å². The first-order valence-corrected chi connectivity index (χ1v) is 7.48. The van der Waals surface area contributed by atoms with Crippen molar-refractivity contribution in [3.8, 4) is 11.3 Å². The summed E-state index contributed by atoms with van der Waals surface area (Å²) in [7, 11) is 0. The minimum Gasteiger partial charge on any atom is -0.463 e. The number of thiazole rings is 1. The second-order valence-electron chi connectivity index (χ2n) is 4.39. The fourth-order valence-corrected chi connectivity index (χ4v) is 2.79. The van der Waals surface area contributed by atoms with Gasteiger partial charge >= 0.3 is 0 Å². The minimum absolute atomic E-state index is 0.634. The van der Waals surface area contributed by atoms with Crippen LogP contribution in [0.1, 0.15) is 11.3 Å². The molecule has 0 aliphatic carbocycles. The first kappa shape index (κ1) is 13.9. The highest BCUT2D eigenvalue weighted by molar-refractivity contribution is 7.20. The summed E-state index contributed by atoms with van der Waals surface area (Å²) in [5.41, 5.74) is 5.81. The molecule has 0 unspecified atom stereocenters. The van der Waals surface area contributed by atoms with E-state index in [2.05, 4.69) is 15.5 Å². The second kappa shape index (κ2) is 6.11. The van der Waals surface area contributed by atoms with Gasteiger partial charge in [0.05, 0.1) is 12.5 Å². The molecule has 0 amide bonds. The molecule has 0 bridgehead atoms. The maximum Gasteiger partial charge on any atom is 0.205 e. The van der Waals surface area contributed by atoms with Gasteiger partial charge in [-0.3, -0.25) is 5.43 Å². The third-order valence-electron chi connectivity index (χ3n) is 2.81. The standard InChI is InChI=1S/C15H12ClN3OS/c1-10-4-6-11(7-5-10)13-14(16)21-15(18-13)19-17-9-12-3-2-8-20-12/h2-9H,1H3,(H,18,19). The van der Waals surface area contributed by atoms with Crippen LogP contribution >= 0.6 is 22.9 Å². The molecule has 0 saturated carbocycles. The van der Waals surface area contributed by atoms with Crippen LogP contribution < -0.4 is 5.43 Å². The molecular weight excluding hydrogens is 306 g/mol. The van der Waals surface area contributed by atoms with E-state index in [0.29, 0.717) is 15.2 Å². The van der Waals surface area contributed by atoms with E-state index in [-0.39, 0.29) is 0 Å². The van der Waals surface area contributed by atoms with Gasteiger partial charge in [0.1, 0.15) is 15.8 Å². The minimum atomic E-state index is 0.634. The topological polar surface area (TPSA) is 50.4 Å². The van der Waals surface area contributed by atoms with Crippen LogP contribution in [0, 0.1) is 6.92 Å². The first-order chi connectivity index (χ1) is 10.2. The molecular formula is C15H12ClN3OS. The molecule has 106 valence electrons. The van der Waals surface area contributed by atoms with Gasteiger partial charge in [-0.2, -0.15) is 5.10 Å². The third kappa shape index (κ3) is 3.32. The van der Waals surface area contributed by atoms with Crippen LogP contribution in [-0.2, 0) is 0 Å². The van der Waals surface area contributed by atoms with E-state index in [1.165, 1.54) is 16.9 Å². The van der Waals surface area contributed by atoms with Gasteiger partial charge in [0.25, 0.3) is 0 Å². The predicted octanol–water partition coefficient (Wildman–Crippen LogP) is 4.81. The lowest BCUT2D eigenvalue weighted by Gasteiger charge is -1.98. The van der Waals surface area contributed by atoms with Crippen LogP contribution in [0.25, 0.3) is 11.3 Å². The molecule has 6 heteroatoms. The van der Waals surface area contributed by atoms with Gasteiger partial charge in [-0.15, -0.1) is 0 Å². The van der Waals surface area contributed by atoms with Crippen molar-refractivity contribution in [2.24, 2.45) is 5.10 Å². The highest BCUT2D eigenvalue weighted by atomic mass is 35.5. The van der Waals surface area contributed by atoms with Crippen molar-refractivity contribution in [2.45, 2.75) is 6.92 Å². The number of nitrogens with one attached hydrogen (secondary N) is 1. The number of furan rings is 1. The smallest absolute Gasteiger partial charge is 0.205 e. The number of nitrogens with zero attached hydrogens (tertiary/aromatic N) is 2. The molecule has 1 aromatic carbocycles. The van der Waals surface area contributed by atoms with Gasteiger partial charge in [-0.1, -0.05) is 52.8 Å². The summed E-state index contributed by atoms with van der Waals surface area (Å²) in [5.74, 6) is 0.670. The highest BCUT2D eigenvalue weighted by Gasteiger charge is 2.10. The summed E-state index contributed by atoms with van der Waals surface area (Å²) in [6.07, 6.45) is 3.18. The third-order valence-corrected chi connectivity index (χ3v) is 3.96. The largest absolute Gasteiger partial charge is 0.463 e. The van der Waals surface area contributed by atoms with Crippen molar-refractivity contribution in [1.29, 1.82) is 0 Å². The zero-order chi connectivity index (χ0) is 14.7. The average Bonchev–Trinajstić information content (AvgIpc) is 3.10. The molecule has 0 fully saturated rings. The number of aryl methyl sites for hydroxylation is 1. The summed E-state index contributed by atoms with van der Waals surface area (Å²) in [4.78, 5) is 4.46. The molecule has 0 aliphatic heterocycles. The van der Waals surface area contributed by atoms with Crippen molar-refractivity contribution in [2.75, 3.05) is 5.43 Å². The van der Waals surface area contributed by atoms with Crippen LogP contribution in [0.3, 0.4) is 0 Å². The lowest BCUT2D eigenvalue weighted by molar-refractivity contribution is 0.560. The Morgan fingerprint density at radius 1 is 1.29 bits per heavy atom. The van der Waals surface area contributed by atoms with E-state index in [9.17, 15) is 0 Å². The Hall–Kier alpha value is -2.11. The molecule has 0 radical (unpaired) electrons. The van der Waals surface area contributed by atoms with Crippen LogP contribution in [0.15, 0.2) is 52.2 Å². The number of rotatable bonds is 4. The lowest BCUT2D eigenvalue weighted by Crippen LogP contribution is -1.89. The van der Waals surface area contributed by atoms with Crippen LogP contribution in [0.5, 0.6) is 0 Å². The molecule has 0 aliphatic rings. The van der Waals surface area contributed by atoms with Gasteiger partial charge in [0.2, 0.25) is 5.13 Å². The first-order valence-electron chi connectivity index (χ1n) is 6.28. The second-order valence-corrected chi connectivity index (χ2v) is 5.99. The van der Waals surface area contributed by atoms with E-state index >= 15 is 0 Å². The average molecular weight is 318 g/mol. The zero-order valence-electron chi connectivity index (χ0n) is 11.2. The lowest BCUT2D eigenvalue weighted by atomic mass is 10.1. The number of benzene rings is 1. The molecule has 0 spiro atoms. The summed E-state index contributed by atoms with van der Waals surface area (Å²) >= 11 is 7.59. The maximum atomic E-state index is 6.24. The van der Waals surface area contributed by atoms with Crippen molar-refractivity contribution in [3.63, 3.8) is 0 Å². The van der Waals surface area contributed by atoms with E-state index in [1.54, 1.807) is 18.5 Å². The van der Waals surface area contributed by atoms with Gasteiger partial charge in [-0.05, 0) is 19.1 Å². The normalized spacial score (nSPS) is 11.1. The van der Waals surface area contributed by atoms with Crippen LogP contribution in [0.4, 0.5) is 5.13 Å². The summed E-state index contributed by atoms with van der Waals surface area (Å²) in [6.45, 7) is 2.04. The van der Waals surface area contributed by atoms with Crippen LogP contribution in [-0.4, -0.2) is 11.2 Å². The Morgan fingerprint density at radius 2 is 2.10 bits per heavy atom. The van der Waals surface area contributed by atoms with Gasteiger partial charge < -0.3 is 4.42 Å². The molecule has 0 atom stereocenters. The molecule has 2 heterocycles. The monoisotopic (exact) mass is 317 g/mol. The van der Waals surface area contributed by atoms with Crippen molar-refractivity contribution < 1.29 is 4.42 Å². The fourth-order valence-electron chi connectivity index (χ4n) is 1.75. The van der Waals surface area contributed by atoms with Crippen molar-refractivity contribution in [1.82, 2.24) is 4.98 Å². The zero-order valence-corrected chi connectivity index (χ0v) is 12.8. The van der Waals surface area contributed by atoms with Gasteiger partial charge in [0.15, 0.2) is 0 Å². The van der Waals surface area contributed by atoms with E-state index in [4.69, 9.17) is 16.0 Å². The molecule has 1 N–H and O–H groups in total. The van der Waals surface area contributed by atoms with Gasteiger partial charge in [-0.25, -0.2) is 4.98 Å². The number of hydrazone groups is 1. The molecule has 21 heavy (non-hydrogen) atoms. The summed E-state index contributed by atoms with van der Waals surface area (Å²) in [5, 5.41) is 4.70. The molecule has 0 saturated heterocycles. The number of aromatic nitrogens is 1. The SMILES string of the molecule is Cc1ccc(-c2nc(NN=Cc3ccco3)sc2Cl)cc1. The maximum absolute atomic E-state index is 6.24. The molecule has 2 aromatic heterocycles. The Balaban J connectivity index is 1.76. The van der Waals surface area contributed by atoms with E-state index < -0.39 is 0 Å². The van der Waals surface area contributed by atoms with Gasteiger partial charge in [0, 0.05) is 5.56 Å². The predicted molar refractivity (Wildman–Crippen MR) is 87.2 cm³/mol. The van der Waals surface area contributed by atoms with E-state index in [1.807, 2.05) is 37.3 Å². The molecule has 4 nitrogen and oxygen atoms in total. The number of anilines is 1. The number of hydrogen-bond acceptors (Lipinski definition) is 5. The summed E-state index contributed by atoms with van der Waals surface area (Å²) < 4.78 is 5.78. The highest BCUT2D eigenvalue weighted by Crippen LogP contribution is 2.35.